The fourth-order valence-corrected chi connectivity index (χ4v) is 2.24. The first-order valence-corrected chi connectivity index (χ1v) is 6.89. The van der Waals surface area contributed by atoms with Crippen molar-refractivity contribution >= 4 is 5.91 Å². The number of halogens is 1. The lowest BCUT2D eigenvalue weighted by atomic mass is 10.0. The Morgan fingerprint density at radius 2 is 2.38 bits per heavy atom. The second-order valence-corrected chi connectivity index (χ2v) is 5.04. The van der Waals surface area contributed by atoms with Gasteiger partial charge in [0.2, 0.25) is 5.91 Å². The zero-order chi connectivity index (χ0) is 15.2. The van der Waals surface area contributed by atoms with E-state index in [2.05, 4.69) is 17.2 Å². The predicted octanol–water partition coefficient (Wildman–Crippen LogP) is 1.21. The second-order valence-electron chi connectivity index (χ2n) is 5.04. The van der Waals surface area contributed by atoms with Crippen LogP contribution < -0.4 is 5.32 Å². The van der Waals surface area contributed by atoms with Gasteiger partial charge in [0.05, 0.1) is 0 Å². The number of aliphatic hydroxyl groups is 1. The molecule has 2 rings (SSSR count). The van der Waals surface area contributed by atoms with E-state index in [-0.39, 0.29) is 25.0 Å². The molecule has 21 heavy (non-hydrogen) atoms. The van der Waals surface area contributed by atoms with Gasteiger partial charge < -0.3 is 15.2 Å². The Labute approximate surface area is 123 Å². The van der Waals surface area contributed by atoms with Crippen molar-refractivity contribution in [1.29, 1.82) is 0 Å². The van der Waals surface area contributed by atoms with Gasteiger partial charge in [-0.2, -0.15) is 0 Å². The van der Waals surface area contributed by atoms with Crippen molar-refractivity contribution in [3.8, 4) is 11.8 Å². The number of hydrogen-bond donors (Lipinski definition) is 2. The Morgan fingerprint density at radius 1 is 1.57 bits per heavy atom. The van der Waals surface area contributed by atoms with Gasteiger partial charge >= 0.3 is 0 Å². The number of carbonyl (C=O) groups excluding carboxylic acids is 1. The van der Waals surface area contributed by atoms with Crippen molar-refractivity contribution in [2.24, 2.45) is 5.92 Å². The van der Waals surface area contributed by atoms with Crippen molar-refractivity contribution in [2.45, 2.75) is 26.0 Å². The first-order valence-electron chi connectivity index (χ1n) is 6.89. The van der Waals surface area contributed by atoms with E-state index < -0.39 is 11.9 Å². The van der Waals surface area contributed by atoms with Gasteiger partial charge in [-0.05, 0) is 30.5 Å². The summed E-state index contributed by atoms with van der Waals surface area (Å²) in [6.45, 7) is 2.38. The van der Waals surface area contributed by atoms with Crippen molar-refractivity contribution < 1.29 is 19.0 Å². The molecule has 1 saturated heterocycles. The highest BCUT2D eigenvalue weighted by Gasteiger charge is 2.30. The SMILES string of the molecule is CC1CCOC1C(=O)NCc1cc(C#CCO)ccc1F. The molecule has 2 atom stereocenters. The highest BCUT2D eigenvalue weighted by atomic mass is 19.1. The molecule has 4 nitrogen and oxygen atoms in total. The third-order valence-electron chi connectivity index (χ3n) is 3.46. The number of amides is 1. The summed E-state index contributed by atoms with van der Waals surface area (Å²) in [5.74, 6) is 4.77. The molecule has 0 aromatic heterocycles. The Kier molecular flexibility index (Phi) is 5.32. The van der Waals surface area contributed by atoms with Crippen LogP contribution in [-0.4, -0.2) is 30.3 Å². The van der Waals surface area contributed by atoms with Gasteiger partial charge in [0, 0.05) is 24.3 Å². The summed E-state index contributed by atoms with van der Waals surface area (Å²) in [7, 11) is 0. The molecular formula is C16H18FNO3. The van der Waals surface area contributed by atoms with E-state index in [1.165, 1.54) is 12.1 Å². The number of nitrogens with one attached hydrogen (secondary N) is 1. The molecule has 0 saturated carbocycles. The molecule has 1 aliphatic rings. The van der Waals surface area contributed by atoms with Crippen molar-refractivity contribution in [3.05, 3.63) is 35.1 Å². The molecule has 1 aromatic carbocycles. The highest BCUT2D eigenvalue weighted by Crippen LogP contribution is 2.20. The molecule has 1 heterocycles. The summed E-state index contributed by atoms with van der Waals surface area (Å²) in [5.41, 5.74) is 0.957. The maximum absolute atomic E-state index is 13.7. The number of rotatable bonds is 3. The van der Waals surface area contributed by atoms with E-state index in [1.807, 2.05) is 6.92 Å². The smallest absolute Gasteiger partial charge is 0.249 e. The van der Waals surface area contributed by atoms with Crippen LogP contribution in [0.4, 0.5) is 4.39 Å². The van der Waals surface area contributed by atoms with Crippen molar-refractivity contribution in [1.82, 2.24) is 5.32 Å². The van der Waals surface area contributed by atoms with Crippen LogP contribution in [-0.2, 0) is 16.1 Å². The van der Waals surface area contributed by atoms with E-state index in [1.54, 1.807) is 6.07 Å². The van der Waals surface area contributed by atoms with Crippen LogP contribution in [0.1, 0.15) is 24.5 Å². The minimum Gasteiger partial charge on any atom is -0.384 e. The number of ether oxygens (including phenoxy) is 1. The van der Waals surface area contributed by atoms with Crippen LogP contribution in [0, 0.1) is 23.6 Å². The molecule has 0 radical (unpaired) electrons. The lowest BCUT2D eigenvalue weighted by Gasteiger charge is -2.14. The zero-order valence-corrected chi connectivity index (χ0v) is 11.9. The Balaban J connectivity index is 2.00. The van der Waals surface area contributed by atoms with Crippen LogP contribution in [0.3, 0.4) is 0 Å². The molecule has 0 aliphatic carbocycles. The van der Waals surface area contributed by atoms with Gasteiger partial charge in [-0.25, -0.2) is 4.39 Å². The summed E-state index contributed by atoms with van der Waals surface area (Å²) in [5, 5.41) is 11.3. The minimum atomic E-state index is -0.453. The molecule has 1 amide bonds. The van der Waals surface area contributed by atoms with E-state index in [4.69, 9.17) is 9.84 Å². The van der Waals surface area contributed by atoms with Gasteiger partial charge in [-0.15, -0.1) is 0 Å². The fraction of sp³-hybridized carbons (Fsp3) is 0.438. The molecule has 1 fully saturated rings. The molecular weight excluding hydrogens is 273 g/mol. The topological polar surface area (TPSA) is 58.6 Å². The largest absolute Gasteiger partial charge is 0.384 e. The zero-order valence-electron chi connectivity index (χ0n) is 11.9. The molecule has 1 aliphatic heterocycles. The molecule has 1 aromatic rings. The van der Waals surface area contributed by atoms with E-state index in [0.29, 0.717) is 17.7 Å². The average molecular weight is 291 g/mol. The second kappa shape index (κ2) is 7.21. The van der Waals surface area contributed by atoms with Crippen LogP contribution in [0.25, 0.3) is 0 Å². The van der Waals surface area contributed by atoms with Crippen LogP contribution in [0.2, 0.25) is 0 Å². The summed E-state index contributed by atoms with van der Waals surface area (Å²) in [6.07, 6.45) is 0.406. The van der Waals surface area contributed by atoms with Gasteiger partial charge in [0.25, 0.3) is 0 Å². The number of carbonyl (C=O) groups is 1. The lowest BCUT2D eigenvalue weighted by Crippen LogP contribution is -2.37. The minimum absolute atomic E-state index is 0.0892. The highest BCUT2D eigenvalue weighted by molar-refractivity contribution is 5.81. The third kappa shape index (κ3) is 4.03. The standard InChI is InChI=1S/C16H18FNO3/c1-11-6-8-21-15(11)16(20)18-10-13-9-12(3-2-7-19)4-5-14(13)17/h4-5,9,11,15,19H,6-8,10H2,1H3,(H,18,20). The first kappa shape index (κ1) is 15.5. The summed E-state index contributed by atoms with van der Waals surface area (Å²) in [6, 6.07) is 4.40. The van der Waals surface area contributed by atoms with Crippen molar-refractivity contribution in [2.75, 3.05) is 13.2 Å². The molecule has 2 unspecified atom stereocenters. The molecule has 5 heteroatoms. The maximum Gasteiger partial charge on any atom is 0.249 e. The number of benzene rings is 1. The Morgan fingerprint density at radius 3 is 3.05 bits per heavy atom. The van der Waals surface area contributed by atoms with Crippen molar-refractivity contribution in [3.63, 3.8) is 0 Å². The number of hydrogen-bond acceptors (Lipinski definition) is 3. The predicted molar refractivity (Wildman–Crippen MR) is 75.7 cm³/mol. The van der Waals surface area contributed by atoms with E-state index in [9.17, 15) is 9.18 Å². The third-order valence-corrected chi connectivity index (χ3v) is 3.46. The Hall–Kier alpha value is -1.90. The average Bonchev–Trinajstić information content (AvgIpc) is 2.91. The van der Waals surface area contributed by atoms with Gasteiger partial charge in [-0.3, -0.25) is 4.79 Å². The summed E-state index contributed by atoms with van der Waals surface area (Å²) < 4.78 is 19.1. The fourth-order valence-electron chi connectivity index (χ4n) is 2.24. The quantitative estimate of drug-likeness (QED) is 0.823. The monoisotopic (exact) mass is 291 g/mol. The van der Waals surface area contributed by atoms with Gasteiger partial charge in [0.15, 0.2) is 0 Å². The van der Waals surface area contributed by atoms with Crippen LogP contribution in [0.15, 0.2) is 18.2 Å². The van der Waals surface area contributed by atoms with E-state index >= 15 is 0 Å². The molecule has 0 spiro atoms. The molecule has 112 valence electrons. The molecule has 2 N–H and O–H groups in total. The molecule has 0 bridgehead atoms. The van der Waals surface area contributed by atoms with Gasteiger partial charge in [0.1, 0.15) is 18.5 Å². The van der Waals surface area contributed by atoms with Crippen LogP contribution in [0.5, 0.6) is 0 Å². The van der Waals surface area contributed by atoms with Crippen LogP contribution >= 0.6 is 0 Å². The maximum atomic E-state index is 13.7. The summed E-state index contributed by atoms with van der Waals surface area (Å²) in [4.78, 5) is 12.0. The number of aliphatic hydroxyl groups excluding tert-OH is 1. The first-order chi connectivity index (χ1) is 10.1. The lowest BCUT2D eigenvalue weighted by molar-refractivity contribution is -0.131. The van der Waals surface area contributed by atoms with E-state index in [0.717, 1.165) is 6.42 Å². The summed E-state index contributed by atoms with van der Waals surface area (Å²) >= 11 is 0. The Bertz CT molecular complexity index is 577. The van der Waals surface area contributed by atoms with Gasteiger partial charge in [-0.1, -0.05) is 18.8 Å². The normalized spacial score (nSPS) is 20.7.